The van der Waals surface area contributed by atoms with Crippen molar-refractivity contribution in [2.45, 2.75) is 103 Å². The molecule has 4 rings (SSSR count). The second-order valence-corrected chi connectivity index (χ2v) is 11.0. The van der Waals surface area contributed by atoms with Crippen LogP contribution < -0.4 is 21.3 Å². The summed E-state index contributed by atoms with van der Waals surface area (Å²) in [5.74, 6) is 5.21. The van der Waals surface area contributed by atoms with Crippen LogP contribution in [0.4, 0.5) is 0 Å². The molecule has 4 fully saturated rings. The van der Waals surface area contributed by atoms with Gasteiger partial charge in [0.25, 0.3) is 0 Å². The van der Waals surface area contributed by atoms with Crippen molar-refractivity contribution in [3.05, 3.63) is 0 Å². The zero-order valence-electron chi connectivity index (χ0n) is 18.8. The van der Waals surface area contributed by atoms with E-state index in [0.717, 1.165) is 35.5 Å². The second-order valence-electron chi connectivity index (χ2n) is 11.0. The van der Waals surface area contributed by atoms with E-state index >= 15 is 0 Å². The number of piperidine rings is 1. The van der Waals surface area contributed by atoms with Crippen molar-refractivity contribution in [1.29, 1.82) is 0 Å². The third-order valence-electron chi connectivity index (χ3n) is 8.86. The Bertz CT molecular complexity index is 491. The van der Waals surface area contributed by atoms with E-state index in [1.165, 1.54) is 64.5 Å². The molecule has 0 spiro atoms. The quantitative estimate of drug-likeness (QED) is 0.591. The number of nitrogens with one attached hydrogen (secondary N) is 4. The first-order valence-corrected chi connectivity index (χ1v) is 12.5. The molecule has 0 aromatic rings. The molecule has 0 aromatic heterocycles. The average molecular weight is 391 g/mol. The Morgan fingerprint density at radius 3 is 2.39 bits per heavy atom. The first-order chi connectivity index (χ1) is 13.5. The highest BCUT2D eigenvalue weighted by molar-refractivity contribution is 5.00. The minimum atomic E-state index is 0.416. The average Bonchev–Trinajstić information content (AvgIpc) is 2.68. The van der Waals surface area contributed by atoms with E-state index in [2.05, 4.69) is 49.0 Å². The van der Waals surface area contributed by atoms with E-state index in [1.807, 2.05) is 0 Å². The van der Waals surface area contributed by atoms with Gasteiger partial charge in [-0.3, -0.25) is 16.0 Å². The Balaban J connectivity index is 1.42. The van der Waals surface area contributed by atoms with Crippen LogP contribution in [0.3, 0.4) is 0 Å². The topological polar surface area (TPSA) is 48.1 Å². The lowest BCUT2D eigenvalue weighted by atomic mass is 9.64. The van der Waals surface area contributed by atoms with Crippen molar-refractivity contribution in [2.75, 3.05) is 13.1 Å². The van der Waals surface area contributed by atoms with Gasteiger partial charge in [-0.25, -0.2) is 0 Å². The number of fused-ring (bicyclic) bond motifs is 1. The Morgan fingerprint density at radius 2 is 1.64 bits per heavy atom. The van der Waals surface area contributed by atoms with Crippen LogP contribution in [-0.2, 0) is 0 Å². The zero-order chi connectivity index (χ0) is 19.7. The van der Waals surface area contributed by atoms with Crippen molar-refractivity contribution in [3.8, 4) is 0 Å². The normalized spacial score (nSPS) is 46.7. The summed E-state index contributed by atoms with van der Waals surface area (Å²) in [6.07, 6.45) is 12.1. The fraction of sp³-hybridized carbons (Fsp3) is 1.00. The van der Waals surface area contributed by atoms with Crippen LogP contribution in [0.15, 0.2) is 0 Å². The van der Waals surface area contributed by atoms with Crippen LogP contribution in [0.1, 0.15) is 79.1 Å². The molecular weight excluding hydrogens is 344 g/mol. The van der Waals surface area contributed by atoms with Crippen molar-refractivity contribution in [3.63, 3.8) is 0 Å². The van der Waals surface area contributed by atoms with E-state index < -0.39 is 0 Å². The summed E-state index contributed by atoms with van der Waals surface area (Å²) in [6.45, 7) is 12.2. The van der Waals surface area contributed by atoms with Gasteiger partial charge in [0.1, 0.15) is 0 Å². The van der Waals surface area contributed by atoms with Crippen LogP contribution in [0, 0.1) is 35.5 Å². The van der Waals surface area contributed by atoms with Crippen molar-refractivity contribution >= 4 is 0 Å². The minimum Gasteiger partial charge on any atom is -0.317 e. The zero-order valence-corrected chi connectivity index (χ0v) is 18.8. The Kier molecular flexibility index (Phi) is 7.02. The first-order valence-electron chi connectivity index (χ1n) is 12.5. The molecule has 2 aliphatic heterocycles. The van der Waals surface area contributed by atoms with Gasteiger partial charge in [-0.2, -0.15) is 0 Å². The van der Waals surface area contributed by atoms with Gasteiger partial charge in [0.15, 0.2) is 0 Å². The van der Waals surface area contributed by atoms with Gasteiger partial charge < -0.3 is 5.32 Å². The smallest absolute Gasteiger partial charge is 0.0629 e. The Morgan fingerprint density at radius 1 is 0.857 bits per heavy atom. The molecular formula is C24H46N4. The van der Waals surface area contributed by atoms with Crippen molar-refractivity contribution < 1.29 is 0 Å². The van der Waals surface area contributed by atoms with Crippen molar-refractivity contribution in [1.82, 2.24) is 21.3 Å². The van der Waals surface area contributed by atoms with Crippen LogP contribution in [0.5, 0.6) is 0 Å². The summed E-state index contributed by atoms with van der Waals surface area (Å²) in [5.41, 5.74) is 0. The molecule has 4 nitrogen and oxygen atoms in total. The van der Waals surface area contributed by atoms with E-state index in [-0.39, 0.29) is 0 Å². The van der Waals surface area contributed by atoms with E-state index in [1.54, 1.807) is 0 Å². The molecule has 28 heavy (non-hydrogen) atoms. The summed E-state index contributed by atoms with van der Waals surface area (Å²) < 4.78 is 0. The molecule has 4 N–H and O–H groups in total. The fourth-order valence-corrected chi connectivity index (χ4v) is 7.24. The summed E-state index contributed by atoms with van der Waals surface area (Å²) >= 11 is 0. The maximum absolute atomic E-state index is 4.11. The maximum atomic E-state index is 4.11. The molecule has 0 radical (unpaired) electrons. The minimum absolute atomic E-state index is 0.416. The summed E-state index contributed by atoms with van der Waals surface area (Å²) in [6, 6.07) is 1.31. The number of hydrogen-bond donors (Lipinski definition) is 4. The molecule has 0 aromatic carbocycles. The predicted octanol–water partition coefficient (Wildman–Crippen LogP) is 3.69. The molecule has 162 valence electrons. The van der Waals surface area contributed by atoms with Gasteiger partial charge in [-0.05, 0) is 95.1 Å². The van der Waals surface area contributed by atoms with E-state index in [4.69, 9.17) is 0 Å². The molecule has 2 saturated carbocycles. The van der Waals surface area contributed by atoms with Crippen LogP contribution in [-0.4, -0.2) is 37.5 Å². The number of hydrogen-bond acceptors (Lipinski definition) is 4. The van der Waals surface area contributed by atoms with Gasteiger partial charge in [-0.15, -0.1) is 0 Å². The molecule has 0 amide bonds. The molecule has 2 saturated heterocycles. The van der Waals surface area contributed by atoms with E-state index in [0.29, 0.717) is 24.4 Å². The van der Waals surface area contributed by atoms with Gasteiger partial charge in [0, 0.05) is 18.0 Å². The molecule has 9 unspecified atom stereocenters. The molecule has 2 aliphatic carbocycles. The largest absolute Gasteiger partial charge is 0.317 e. The van der Waals surface area contributed by atoms with Crippen molar-refractivity contribution in [2.24, 2.45) is 35.5 Å². The van der Waals surface area contributed by atoms with Crippen LogP contribution >= 0.6 is 0 Å². The van der Waals surface area contributed by atoms with Gasteiger partial charge >= 0.3 is 0 Å². The summed E-state index contributed by atoms with van der Waals surface area (Å²) in [5, 5.41) is 15.5. The van der Waals surface area contributed by atoms with Crippen LogP contribution in [0.2, 0.25) is 0 Å². The van der Waals surface area contributed by atoms with Gasteiger partial charge in [-0.1, -0.05) is 26.7 Å². The fourth-order valence-electron chi connectivity index (χ4n) is 7.24. The van der Waals surface area contributed by atoms with Gasteiger partial charge in [0.05, 0.1) is 12.3 Å². The molecule has 4 aliphatic rings. The highest BCUT2D eigenvalue weighted by Gasteiger charge is 2.45. The number of rotatable bonds is 4. The maximum Gasteiger partial charge on any atom is 0.0629 e. The molecule has 2 heterocycles. The highest BCUT2D eigenvalue weighted by Crippen LogP contribution is 2.43. The highest BCUT2D eigenvalue weighted by atomic mass is 15.3. The molecule has 0 bridgehead atoms. The monoisotopic (exact) mass is 390 g/mol. The second kappa shape index (κ2) is 9.32. The summed E-state index contributed by atoms with van der Waals surface area (Å²) in [7, 11) is 0. The van der Waals surface area contributed by atoms with Gasteiger partial charge in [0.2, 0.25) is 0 Å². The molecule has 9 atom stereocenters. The third-order valence-corrected chi connectivity index (χ3v) is 8.86. The molecule has 4 heteroatoms. The third kappa shape index (κ3) is 4.77. The lowest BCUT2D eigenvalue weighted by Crippen LogP contribution is -2.69. The first kappa shape index (κ1) is 21.1. The Labute approximate surface area is 173 Å². The Hall–Kier alpha value is -0.160. The van der Waals surface area contributed by atoms with Crippen LogP contribution in [0.25, 0.3) is 0 Å². The van der Waals surface area contributed by atoms with E-state index in [9.17, 15) is 0 Å². The lowest BCUT2D eigenvalue weighted by molar-refractivity contribution is 0.0191. The standard InChI is InChI=1S/C24H46N4/c1-15-6-5-7-20(12-15)17(3)26-24-22-14-21(19-8-10-25-11-9-19)16(2)13-23(22)27-18(4)28-24/h15-28H,5-14H2,1-4H3. The predicted molar refractivity (Wildman–Crippen MR) is 118 cm³/mol. The SMILES string of the molecule is CC1CCCC(C(C)NC2NC(C)NC3CC(C)C(C4CCNCC4)CC32)C1. The lowest BCUT2D eigenvalue weighted by Gasteiger charge is -2.52. The summed E-state index contributed by atoms with van der Waals surface area (Å²) in [4.78, 5) is 0.